The summed E-state index contributed by atoms with van der Waals surface area (Å²) in [6.07, 6.45) is 0.506. The molecule has 0 spiro atoms. The molecule has 2 rings (SSSR count). The number of carbonyl (C=O) groups is 2. The Hall–Kier alpha value is -3.37. The number of nitrogens with zero attached hydrogens (tertiary/aromatic N) is 2. The molecule has 1 amide bonds. The number of nitro benzene ring substituents is 1. The molecular weight excluding hydrogens is 454 g/mol. The second-order valence-corrected chi connectivity index (χ2v) is 7.31. The van der Waals surface area contributed by atoms with E-state index >= 15 is 0 Å². The zero-order valence-electron chi connectivity index (χ0n) is 18.2. The van der Waals surface area contributed by atoms with E-state index in [1.165, 1.54) is 11.0 Å². The quantitative estimate of drug-likeness (QED) is 0.210. The van der Waals surface area contributed by atoms with Gasteiger partial charge < -0.3 is 24.8 Å². The highest BCUT2D eigenvalue weighted by molar-refractivity contribution is 6.34. The Kier molecular flexibility index (Phi) is 10.4. The van der Waals surface area contributed by atoms with E-state index in [2.05, 4.69) is 4.74 Å². The molecule has 0 fully saturated rings. The van der Waals surface area contributed by atoms with Gasteiger partial charge in [0, 0.05) is 19.2 Å². The molecule has 0 aliphatic heterocycles. The minimum Gasteiger partial charge on any atom is -0.492 e. The number of nitro groups is 1. The Morgan fingerprint density at radius 2 is 1.85 bits per heavy atom. The van der Waals surface area contributed by atoms with Crippen LogP contribution in [0, 0.1) is 10.1 Å². The summed E-state index contributed by atoms with van der Waals surface area (Å²) in [5.74, 6) is -0.778. The highest BCUT2D eigenvalue weighted by Crippen LogP contribution is 2.35. The summed E-state index contributed by atoms with van der Waals surface area (Å²) in [4.78, 5) is 36.3. The summed E-state index contributed by atoms with van der Waals surface area (Å²) in [6, 6.07) is 11.6. The third-order valence-corrected chi connectivity index (χ3v) is 4.94. The van der Waals surface area contributed by atoms with E-state index in [1.807, 2.05) is 30.3 Å². The van der Waals surface area contributed by atoms with Crippen molar-refractivity contribution in [1.29, 1.82) is 0 Å². The number of halogens is 1. The molecule has 0 unspecified atom stereocenters. The van der Waals surface area contributed by atoms with Crippen LogP contribution in [0.2, 0.25) is 5.02 Å². The largest absolute Gasteiger partial charge is 0.492 e. The zero-order chi connectivity index (χ0) is 24.2. The first-order valence-corrected chi connectivity index (χ1v) is 10.6. The molecule has 0 aliphatic rings. The molecule has 178 valence electrons. The first-order valence-electron chi connectivity index (χ1n) is 10.2. The lowest BCUT2D eigenvalue weighted by atomic mass is 10.2. The summed E-state index contributed by atoms with van der Waals surface area (Å²) in [6.45, 7) is 1.37. The number of hydrogen-bond donors (Lipinski definition) is 1. The third kappa shape index (κ3) is 7.92. The maximum absolute atomic E-state index is 12.5. The van der Waals surface area contributed by atoms with Crippen LogP contribution in [0.15, 0.2) is 42.5 Å². The molecule has 0 bridgehead atoms. The van der Waals surface area contributed by atoms with Crippen molar-refractivity contribution in [3.63, 3.8) is 0 Å². The number of ether oxygens (including phenoxy) is 3. The molecule has 0 aromatic heterocycles. The molecule has 0 saturated heterocycles. The van der Waals surface area contributed by atoms with Gasteiger partial charge in [0.25, 0.3) is 5.69 Å². The number of methoxy groups -OCH3 is 1. The Labute approximate surface area is 196 Å². The molecule has 2 N–H and O–H groups in total. The second kappa shape index (κ2) is 13.2. The Balaban J connectivity index is 1.97. The van der Waals surface area contributed by atoms with Gasteiger partial charge in [-0.25, -0.2) is 9.59 Å². The molecule has 2 aromatic carbocycles. The lowest BCUT2D eigenvalue weighted by Gasteiger charge is -2.22. The molecule has 2 aromatic rings. The van der Waals surface area contributed by atoms with Crippen molar-refractivity contribution in [1.82, 2.24) is 4.90 Å². The summed E-state index contributed by atoms with van der Waals surface area (Å²) in [5, 5.41) is 11.0. The van der Waals surface area contributed by atoms with E-state index in [4.69, 9.17) is 26.8 Å². The van der Waals surface area contributed by atoms with Crippen molar-refractivity contribution in [3.05, 3.63) is 68.7 Å². The van der Waals surface area contributed by atoms with Gasteiger partial charge in [0.05, 0.1) is 24.2 Å². The predicted octanol–water partition coefficient (Wildman–Crippen LogP) is 3.79. The van der Waals surface area contributed by atoms with Crippen LogP contribution in [0.25, 0.3) is 0 Å². The topological polar surface area (TPSA) is 134 Å². The fourth-order valence-corrected chi connectivity index (χ4v) is 3.11. The standard InChI is InChI=1S/C22H26ClN3O7/c1-31-21(27)17-13-18(26(29)30)20(23)19(14-17)32-12-6-11-25(10-5-9-24)22(28)33-15-16-7-3-2-4-8-16/h2-4,7-8,13-14H,5-6,9-12,15,24H2,1H3. The highest BCUT2D eigenvalue weighted by Gasteiger charge is 2.22. The van der Waals surface area contributed by atoms with Crippen molar-refractivity contribution in [3.8, 4) is 5.75 Å². The van der Waals surface area contributed by atoms with Gasteiger partial charge in [-0.3, -0.25) is 10.1 Å². The maximum Gasteiger partial charge on any atom is 0.410 e. The van der Waals surface area contributed by atoms with Crippen molar-refractivity contribution in [2.45, 2.75) is 19.4 Å². The molecule has 11 heteroatoms. The average molecular weight is 480 g/mol. The maximum atomic E-state index is 12.5. The fraction of sp³-hybridized carbons (Fsp3) is 0.364. The first kappa shape index (κ1) is 25.9. The molecular formula is C22H26ClN3O7. The number of esters is 1. The molecule has 0 heterocycles. The number of benzene rings is 2. The zero-order valence-corrected chi connectivity index (χ0v) is 19.0. The minimum absolute atomic E-state index is 0.0218. The van der Waals surface area contributed by atoms with Gasteiger partial charge in [-0.2, -0.15) is 0 Å². The van der Waals surface area contributed by atoms with E-state index in [-0.39, 0.29) is 29.5 Å². The Morgan fingerprint density at radius 1 is 1.15 bits per heavy atom. The molecule has 10 nitrogen and oxygen atoms in total. The predicted molar refractivity (Wildman–Crippen MR) is 121 cm³/mol. The minimum atomic E-state index is -0.756. The Morgan fingerprint density at radius 3 is 2.48 bits per heavy atom. The summed E-state index contributed by atoms with van der Waals surface area (Å²) < 4.78 is 15.6. The van der Waals surface area contributed by atoms with E-state index in [0.717, 1.165) is 18.7 Å². The molecule has 33 heavy (non-hydrogen) atoms. The van der Waals surface area contributed by atoms with Crippen molar-refractivity contribution in [2.24, 2.45) is 5.73 Å². The molecule has 0 saturated carbocycles. The van der Waals surface area contributed by atoms with Crippen LogP contribution < -0.4 is 10.5 Å². The molecule has 0 aliphatic carbocycles. The summed E-state index contributed by atoms with van der Waals surface area (Å²) in [5.41, 5.74) is 5.91. The van der Waals surface area contributed by atoms with E-state index in [9.17, 15) is 19.7 Å². The molecule has 0 atom stereocenters. The molecule has 0 radical (unpaired) electrons. The average Bonchev–Trinajstić information content (AvgIpc) is 2.82. The number of rotatable bonds is 12. The summed E-state index contributed by atoms with van der Waals surface area (Å²) >= 11 is 6.07. The lowest BCUT2D eigenvalue weighted by molar-refractivity contribution is -0.384. The monoisotopic (exact) mass is 479 g/mol. The first-order chi connectivity index (χ1) is 15.9. The van der Waals surface area contributed by atoms with Crippen molar-refractivity contribution >= 4 is 29.4 Å². The number of carbonyl (C=O) groups excluding carboxylic acids is 2. The van der Waals surface area contributed by atoms with Crippen LogP contribution in [0.4, 0.5) is 10.5 Å². The van der Waals surface area contributed by atoms with Gasteiger partial charge in [0.15, 0.2) is 5.02 Å². The van der Waals surface area contributed by atoms with E-state index in [1.54, 1.807) is 0 Å². The third-order valence-electron chi connectivity index (χ3n) is 4.56. The van der Waals surface area contributed by atoms with Gasteiger partial charge in [-0.05, 0) is 31.0 Å². The summed E-state index contributed by atoms with van der Waals surface area (Å²) in [7, 11) is 1.16. The van der Waals surface area contributed by atoms with Gasteiger partial charge in [0.2, 0.25) is 0 Å². The van der Waals surface area contributed by atoms with Crippen molar-refractivity contribution in [2.75, 3.05) is 33.4 Å². The SMILES string of the molecule is COC(=O)c1cc(OCCCN(CCCN)C(=O)OCc2ccccc2)c(Cl)c([N+](=O)[O-])c1. The normalized spacial score (nSPS) is 10.4. The second-order valence-electron chi connectivity index (χ2n) is 6.93. The van der Waals surface area contributed by atoms with Gasteiger partial charge in [-0.1, -0.05) is 41.9 Å². The van der Waals surface area contributed by atoms with Crippen LogP contribution in [0.5, 0.6) is 5.75 Å². The fourth-order valence-electron chi connectivity index (χ4n) is 2.88. The van der Waals surface area contributed by atoms with Crippen LogP contribution in [-0.2, 0) is 16.1 Å². The van der Waals surface area contributed by atoms with E-state index in [0.29, 0.717) is 32.5 Å². The van der Waals surface area contributed by atoms with Gasteiger partial charge >= 0.3 is 12.1 Å². The van der Waals surface area contributed by atoms with Crippen molar-refractivity contribution < 1.29 is 28.7 Å². The number of amides is 1. The lowest BCUT2D eigenvalue weighted by Crippen LogP contribution is -2.35. The van der Waals surface area contributed by atoms with Crippen LogP contribution in [0.1, 0.15) is 28.8 Å². The van der Waals surface area contributed by atoms with E-state index < -0.39 is 22.7 Å². The van der Waals surface area contributed by atoms with Gasteiger partial charge in [0.1, 0.15) is 12.4 Å². The van der Waals surface area contributed by atoms with Crippen LogP contribution in [-0.4, -0.2) is 55.2 Å². The van der Waals surface area contributed by atoms with Crippen LogP contribution in [0.3, 0.4) is 0 Å². The smallest absolute Gasteiger partial charge is 0.410 e. The number of nitrogens with two attached hydrogens (primary N) is 1. The Bertz CT molecular complexity index is 957. The van der Waals surface area contributed by atoms with Crippen LogP contribution >= 0.6 is 11.6 Å². The highest BCUT2D eigenvalue weighted by atomic mass is 35.5. The number of hydrogen-bond acceptors (Lipinski definition) is 8. The van der Waals surface area contributed by atoms with Gasteiger partial charge in [-0.15, -0.1) is 0 Å².